The van der Waals surface area contributed by atoms with E-state index in [1.165, 1.54) is 64.0 Å². The SMILES string of the molecule is CC(C)(C)c1ccc2c(c1)B1c3c(cccc3-c3cccc4c3c1cc1sc3ccccc3c14)O2. The van der Waals surface area contributed by atoms with Gasteiger partial charge in [-0.15, -0.1) is 11.3 Å². The zero-order valence-corrected chi connectivity index (χ0v) is 20.8. The highest BCUT2D eigenvalue weighted by Crippen LogP contribution is 2.43. The molecule has 2 aliphatic rings. The number of fused-ring (bicyclic) bond motifs is 8. The molecule has 3 heteroatoms. The third kappa shape index (κ3) is 2.54. The molecule has 3 heterocycles. The molecule has 0 radical (unpaired) electrons. The second-order valence-electron chi connectivity index (χ2n) is 10.9. The van der Waals surface area contributed by atoms with Crippen molar-refractivity contribution in [1.29, 1.82) is 0 Å². The first-order valence-corrected chi connectivity index (χ1v) is 13.1. The van der Waals surface area contributed by atoms with E-state index in [1.54, 1.807) is 0 Å². The van der Waals surface area contributed by atoms with Crippen molar-refractivity contribution in [2.75, 3.05) is 0 Å². The van der Waals surface area contributed by atoms with E-state index in [4.69, 9.17) is 4.74 Å². The van der Waals surface area contributed by atoms with Crippen LogP contribution < -0.4 is 21.1 Å². The van der Waals surface area contributed by atoms with Crippen molar-refractivity contribution >= 4 is 65.4 Å². The van der Waals surface area contributed by atoms with Crippen molar-refractivity contribution in [2.24, 2.45) is 0 Å². The van der Waals surface area contributed by atoms with Gasteiger partial charge in [-0.05, 0) is 68.1 Å². The van der Waals surface area contributed by atoms with Crippen LogP contribution in [0, 0.1) is 0 Å². The van der Waals surface area contributed by atoms with E-state index in [0.717, 1.165) is 11.5 Å². The number of thiophene rings is 1. The molecule has 166 valence electrons. The van der Waals surface area contributed by atoms with Crippen LogP contribution in [-0.2, 0) is 5.41 Å². The molecule has 0 atom stereocenters. The number of rotatable bonds is 0. The standard InChI is InChI=1S/C32H23BOS/c1-32(2,3)18-14-15-25-23(16-18)33-24-17-28-30(21-8-4-5-13-27(21)35-28)22-11-6-9-19(29(22)24)20-10-7-12-26(34-25)31(20)33/h4-17H,1-3H3. The molecule has 1 aromatic heterocycles. The zero-order valence-electron chi connectivity index (χ0n) is 20.0. The minimum Gasteiger partial charge on any atom is -0.458 e. The fourth-order valence-electron chi connectivity index (χ4n) is 6.28. The zero-order chi connectivity index (χ0) is 23.5. The predicted molar refractivity (Wildman–Crippen MR) is 152 cm³/mol. The normalized spacial score (nSPS) is 13.7. The van der Waals surface area contributed by atoms with E-state index in [-0.39, 0.29) is 12.1 Å². The van der Waals surface area contributed by atoms with Crippen molar-refractivity contribution in [2.45, 2.75) is 26.2 Å². The van der Waals surface area contributed by atoms with Crippen molar-refractivity contribution < 1.29 is 4.74 Å². The first-order valence-electron chi connectivity index (χ1n) is 12.3. The Kier molecular flexibility index (Phi) is 3.69. The number of benzene rings is 5. The van der Waals surface area contributed by atoms with Crippen LogP contribution >= 0.6 is 11.3 Å². The molecule has 0 saturated carbocycles. The van der Waals surface area contributed by atoms with E-state index >= 15 is 0 Å². The number of ether oxygens (including phenoxy) is 1. The molecule has 0 N–H and O–H groups in total. The van der Waals surface area contributed by atoms with Crippen LogP contribution in [0.4, 0.5) is 0 Å². The summed E-state index contributed by atoms with van der Waals surface area (Å²) < 4.78 is 9.26. The molecule has 0 fully saturated rings. The van der Waals surface area contributed by atoms with E-state index < -0.39 is 0 Å². The Morgan fingerprint density at radius 3 is 2.34 bits per heavy atom. The maximum atomic E-state index is 6.54. The molecule has 0 saturated heterocycles. The molecule has 35 heavy (non-hydrogen) atoms. The van der Waals surface area contributed by atoms with Gasteiger partial charge in [0.1, 0.15) is 11.5 Å². The summed E-state index contributed by atoms with van der Waals surface area (Å²) >= 11 is 1.91. The van der Waals surface area contributed by atoms with Crippen molar-refractivity contribution in [3.05, 3.63) is 90.5 Å². The molecule has 0 amide bonds. The lowest BCUT2D eigenvalue weighted by Gasteiger charge is -2.34. The van der Waals surface area contributed by atoms with Gasteiger partial charge < -0.3 is 4.74 Å². The van der Waals surface area contributed by atoms with Gasteiger partial charge in [-0.1, -0.05) is 86.9 Å². The van der Waals surface area contributed by atoms with Crippen LogP contribution in [0.2, 0.25) is 0 Å². The van der Waals surface area contributed by atoms with Gasteiger partial charge in [0.2, 0.25) is 0 Å². The van der Waals surface area contributed by atoms with E-state index in [9.17, 15) is 0 Å². The summed E-state index contributed by atoms with van der Waals surface area (Å²) in [5, 5.41) is 5.51. The molecule has 0 unspecified atom stereocenters. The van der Waals surface area contributed by atoms with Gasteiger partial charge in [0.25, 0.3) is 6.71 Å². The molecule has 0 spiro atoms. The van der Waals surface area contributed by atoms with Crippen molar-refractivity contribution in [1.82, 2.24) is 0 Å². The molecule has 0 aliphatic carbocycles. The summed E-state index contributed by atoms with van der Waals surface area (Å²) in [5.41, 5.74) is 8.05. The minimum absolute atomic E-state index is 0.0755. The summed E-state index contributed by atoms with van der Waals surface area (Å²) in [4.78, 5) is 0. The second-order valence-corrected chi connectivity index (χ2v) is 12.0. The molecular formula is C32H23BOS. The first-order chi connectivity index (χ1) is 17.0. The Morgan fingerprint density at radius 2 is 1.46 bits per heavy atom. The van der Waals surface area contributed by atoms with Crippen molar-refractivity contribution in [3.8, 4) is 22.6 Å². The molecule has 0 bridgehead atoms. The molecule has 5 aromatic carbocycles. The average Bonchev–Trinajstić information content (AvgIpc) is 3.24. The number of hydrogen-bond donors (Lipinski definition) is 0. The lowest BCUT2D eigenvalue weighted by molar-refractivity contribution is 0.486. The summed E-state index contributed by atoms with van der Waals surface area (Å²) in [5.74, 6) is 1.97. The van der Waals surface area contributed by atoms with Gasteiger partial charge in [-0.2, -0.15) is 0 Å². The summed E-state index contributed by atoms with van der Waals surface area (Å²) in [6.45, 7) is 7.03. The fourth-order valence-corrected chi connectivity index (χ4v) is 7.45. The van der Waals surface area contributed by atoms with Gasteiger partial charge in [0, 0.05) is 20.2 Å². The molecular weight excluding hydrogens is 443 g/mol. The Balaban J connectivity index is 1.56. The molecule has 1 nitrogen and oxygen atoms in total. The van der Waals surface area contributed by atoms with Crippen molar-refractivity contribution in [3.63, 3.8) is 0 Å². The Hall–Kier alpha value is -3.56. The summed E-state index contributed by atoms with van der Waals surface area (Å²) in [6, 6.07) is 31.5. The largest absolute Gasteiger partial charge is 0.458 e. The van der Waals surface area contributed by atoms with Gasteiger partial charge in [-0.25, -0.2) is 0 Å². The third-order valence-corrected chi connectivity index (χ3v) is 9.01. The van der Waals surface area contributed by atoms with E-state index in [2.05, 4.69) is 106 Å². The summed E-state index contributed by atoms with van der Waals surface area (Å²) in [6.07, 6.45) is 0. The lowest BCUT2D eigenvalue weighted by atomic mass is 9.32. The average molecular weight is 466 g/mol. The van der Waals surface area contributed by atoms with E-state index in [0.29, 0.717) is 0 Å². The Labute approximate surface area is 209 Å². The lowest BCUT2D eigenvalue weighted by Crippen LogP contribution is -2.57. The van der Waals surface area contributed by atoms with Gasteiger partial charge in [0.15, 0.2) is 0 Å². The van der Waals surface area contributed by atoms with Crippen LogP contribution in [-0.4, -0.2) is 6.71 Å². The Bertz CT molecular complexity index is 1870. The van der Waals surface area contributed by atoms with E-state index in [1.807, 2.05) is 11.3 Å². The second kappa shape index (κ2) is 6.56. The highest BCUT2D eigenvalue weighted by molar-refractivity contribution is 7.26. The topological polar surface area (TPSA) is 9.23 Å². The van der Waals surface area contributed by atoms with Crippen LogP contribution in [0.1, 0.15) is 26.3 Å². The smallest absolute Gasteiger partial charge is 0.252 e. The fraction of sp³-hybridized carbons (Fsp3) is 0.125. The highest BCUT2D eigenvalue weighted by Gasteiger charge is 2.40. The molecule has 8 rings (SSSR count). The molecule has 6 aromatic rings. The maximum Gasteiger partial charge on any atom is 0.252 e. The Morgan fingerprint density at radius 1 is 0.657 bits per heavy atom. The summed E-state index contributed by atoms with van der Waals surface area (Å²) in [7, 11) is 0. The minimum atomic E-state index is 0.0755. The predicted octanol–water partition coefficient (Wildman–Crippen LogP) is 7.11. The van der Waals surface area contributed by atoms with Crippen LogP contribution in [0.3, 0.4) is 0 Å². The van der Waals surface area contributed by atoms with Gasteiger partial charge >= 0.3 is 0 Å². The van der Waals surface area contributed by atoms with Gasteiger partial charge in [0.05, 0.1) is 0 Å². The monoisotopic (exact) mass is 466 g/mol. The highest BCUT2D eigenvalue weighted by atomic mass is 32.1. The molecule has 2 aliphatic heterocycles. The number of hydrogen-bond acceptors (Lipinski definition) is 2. The van der Waals surface area contributed by atoms with Crippen LogP contribution in [0.5, 0.6) is 11.5 Å². The van der Waals surface area contributed by atoms with Crippen LogP contribution in [0.15, 0.2) is 84.9 Å². The van der Waals surface area contributed by atoms with Crippen LogP contribution in [0.25, 0.3) is 42.1 Å². The first kappa shape index (κ1) is 19.7. The third-order valence-electron chi connectivity index (χ3n) is 7.89. The quantitative estimate of drug-likeness (QED) is 0.217. The maximum absolute atomic E-state index is 6.54. The van der Waals surface area contributed by atoms with Gasteiger partial charge in [-0.3, -0.25) is 0 Å².